The fourth-order valence-electron chi connectivity index (χ4n) is 4.75. The number of hydrogen-bond acceptors (Lipinski definition) is 6. The summed E-state index contributed by atoms with van der Waals surface area (Å²) in [4.78, 5) is 10.9. The number of aromatic nitrogens is 5. The molecule has 188 valence electrons. The highest BCUT2D eigenvalue weighted by Gasteiger charge is 2.40. The zero-order chi connectivity index (χ0) is 25.8. The van der Waals surface area contributed by atoms with Crippen molar-refractivity contribution in [3.8, 4) is 0 Å². The van der Waals surface area contributed by atoms with Gasteiger partial charge in [-0.1, -0.05) is 28.9 Å². The predicted octanol–water partition coefficient (Wildman–Crippen LogP) is 4.63. The Hall–Kier alpha value is -3.24. The molecule has 1 N–H and O–H groups in total. The summed E-state index contributed by atoms with van der Waals surface area (Å²) in [6, 6.07) is 8.52. The Bertz CT molecular complexity index is 1470. The molecule has 1 aromatic carbocycles. The summed E-state index contributed by atoms with van der Waals surface area (Å²) in [7, 11) is 1.65. The lowest BCUT2D eigenvalue weighted by Gasteiger charge is -2.34. The van der Waals surface area contributed by atoms with Crippen molar-refractivity contribution in [2.24, 2.45) is 7.05 Å². The van der Waals surface area contributed by atoms with Crippen LogP contribution < -0.4 is 4.90 Å². The number of halogens is 4. The Morgan fingerprint density at radius 1 is 1.08 bits per heavy atom. The van der Waals surface area contributed by atoms with E-state index in [2.05, 4.69) is 20.3 Å². The van der Waals surface area contributed by atoms with Crippen molar-refractivity contribution in [3.05, 3.63) is 75.3 Å². The third-order valence-electron chi connectivity index (χ3n) is 6.64. The molecule has 0 unspecified atom stereocenters. The molecule has 4 aromatic rings. The minimum atomic E-state index is -4.46. The summed E-state index contributed by atoms with van der Waals surface area (Å²) in [5.74, 6) is 0.258. The topological polar surface area (TPSA) is 80.0 Å². The van der Waals surface area contributed by atoms with Crippen LogP contribution in [0.1, 0.15) is 40.2 Å². The first-order chi connectivity index (χ1) is 17.0. The summed E-state index contributed by atoms with van der Waals surface area (Å²) >= 11 is 6.66. The Labute approximate surface area is 210 Å². The highest BCUT2D eigenvalue weighted by Crippen LogP contribution is 2.42. The normalized spacial score (nSPS) is 15.7. The van der Waals surface area contributed by atoms with Crippen LogP contribution >= 0.6 is 11.6 Å². The molecule has 11 heteroatoms. The van der Waals surface area contributed by atoms with Gasteiger partial charge in [0.05, 0.1) is 28.9 Å². The second-order valence-electron chi connectivity index (χ2n) is 9.13. The first kappa shape index (κ1) is 24.5. The van der Waals surface area contributed by atoms with Crippen molar-refractivity contribution in [2.75, 3.05) is 18.0 Å². The Morgan fingerprint density at radius 2 is 1.83 bits per heavy atom. The summed E-state index contributed by atoms with van der Waals surface area (Å²) in [5.41, 5.74) is 1.25. The van der Waals surface area contributed by atoms with E-state index in [1.165, 1.54) is 10.9 Å². The summed E-state index contributed by atoms with van der Waals surface area (Å²) < 4.78 is 42.0. The second-order valence-corrected chi connectivity index (χ2v) is 9.51. The highest BCUT2D eigenvalue weighted by molar-refractivity contribution is 6.36. The fourth-order valence-corrected chi connectivity index (χ4v) is 5.05. The first-order valence-corrected chi connectivity index (χ1v) is 11.8. The predicted molar refractivity (Wildman–Crippen MR) is 130 cm³/mol. The van der Waals surface area contributed by atoms with Gasteiger partial charge in [-0.05, 0) is 44.0 Å². The second kappa shape index (κ2) is 8.70. The van der Waals surface area contributed by atoms with Gasteiger partial charge in [-0.15, -0.1) is 5.10 Å². The number of rotatable bonds is 5. The van der Waals surface area contributed by atoms with Crippen LogP contribution in [0.25, 0.3) is 10.9 Å². The number of aliphatic hydroxyl groups is 1. The fraction of sp³-hybridized carbons (Fsp3) is 0.360. The number of nitrogens with zero attached hydrogens (tertiary/aromatic N) is 6. The lowest BCUT2D eigenvalue weighted by atomic mass is 9.82. The average Bonchev–Trinajstić information content (AvgIpc) is 3.20. The van der Waals surface area contributed by atoms with E-state index in [1.54, 1.807) is 49.2 Å². The van der Waals surface area contributed by atoms with Crippen molar-refractivity contribution in [2.45, 2.75) is 38.5 Å². The maximum absolute atomic E-state index is 13.5. The van der Waals surface area contributed by atoms with Gasteiger partial charge in [0.15, 0.2) is 5.60 Å². The molecule has 1 atom stereocenters. The van der Waals surface area contributed by atoms with E-state index >= 15 is 0 Å². The zero-order valence-corrected chi connectivity index (χ0v) is 20.7. The minimum absolute atomic E-state index is 0.0229. The molecule has 1 aliphatic heterocycles. The number of hydrogen-bond donors (Lipinski definition) is 1. The van der Waals surface area contributed by atoms with Gasteiger partial charge in [-0.2, -0.15) is 13.2 Å². The number of pyridine rings is 2. The lowest BCUT2D eigenvalue weighted by Crippen LogP contribution is -2.38. The van der Waals surface area contributed by atoms with Gasteiger partial charge in [0.1, 0.15) is 5.82 Å². The number of alkyl halides is 3. The Morgan fingerprint density at radius 3 is 2.42 bits per heavy atom. The van der Waals surface area contributed by atoms with Gasteiger partial charge in [-0.3, -0.25) is 4.98 Å². The van der Waals surface area contributed by atoms with E-state index in [1.807, 2.05) is 6.92 Å². The van der Waals surface area contributed by atoms with Crippen molar-refractivity contribution in [1.82, 2.24) is 25.0 Å². The molecular formula is C25H24ClF3N6O. The zero-order valence-electron chi connectivity index (χ0n) is 19.9. The SMILES string of the molecule is Cc1ccc([C@@](O)(c2ccc3nc(N4CCC4)c(CC(F)(F)F)c(Cl)c3c2)c2cnnn2C)c(C)n1. The van der Waals surface area contributed by atoms with Crippen LogP contribution in [0.5, 0.6) is 0 Å². The van der Waals surface area contributed by atoms with Gasteiger partial charge >= 0.3 is 6.18 Å². The molecule has 1 saturated heterocycles. The number of aryl methyl sites for hydroxylation is 3. The molecule has 1 fully saturated rings. The first-order valence-electron chi connectivity index (χ1n) is 11.5. The van der Waals surface area contributed by atoms with E-state index in [-0.39, 0.29) is 16.4 Å². The molecular weight excluding hydrogens is 493 g/mol. The number of fused-ring (bicyclic) bond motifs is 1. The third-order valence-corrected chi connectivity index (χ3v) is 7.08. The molecule has 4 heterocycles. The number of anilines is 1. The molecule has 3 aromatic heterocycles. The molecule has 0 amide bonds. The van der Waals surface area contributed by atoms with Crippen LogP contribution in [0.2, 0.25) is 5.02 Å². The molecule has 0 spiro atoms. The van der Waals surface area contributed by atoms with Crippen LogP contribution in [0.15, 0.2) is 36.5 Å². The van der Waals surface area contributed by atoms with Crippen molar-refractivity contribution < 1.29 is 18.3 Å². The van der Waals surface area contributed by atoms with Crippen LogP contribution in [0.3, 0.4) is 0 Å². The largest absolute Gasteiger partial charge is 0.393 e. The molecule has 36 heavy (non-hydrogen) atoms. The van der Waals surface area contributed by atoms with E-state index in [4.69, 9.17) is 11.6 Å². The van der Waals surface area contributed by atoms with Crippen LogP contribution in [0.4, 0.5) is 19.0 Å². The summed E-state index contributed by atoms with van der Waals surface area (Å²) in [5, 5.41) is 20.5. The van der Waals surface area contributed by atoms with E-state index in [0.29, 0.717) is 46.5 Å². The molecule has 5 rings (SSSR count). The molecule has 0 bridgehead atoms. The smallest absolute Gasteiger partial charge is 0.374 e. The van der Waals surface area contributed by atoms with E-state index in [0.717, 1.165) is 12.1 Å². The molecule has 1 aliphatic rings. The third kappa shape index (κ3) is 4.08. The Kier molecular flexibility index (Phi) is 5.91. The van der Waals surface area contributed by atoms with Gasteiger partial charge in [0.25, 0.3) is 0 Å². The van der Waals surface area contributed by atoms with Crippen LogP contribution in [-0.4, -0.2) is 49.3 Å². The Balaban J connectivity index is 1.76. The van der Waals surface area contributed by atoms with Crippen LogP contribution in [0, 0.1) is 13.8 Å². The lowest BCUT2D eigenvalue weighted by molar-refractivity contribution is -0.127. The number of benzene rings is 1. The summed E-state index contributed by atoms with van der Waals surface area (Å²) in [6.45, 7) is 4.89. The molecule has 0 saturated carbocycles. The maximum Gasteiger partial charge on any atom is 0.393 e. The highest BCUT2D eigenvalue weighted by atomic mass is 35.5. The monoisotopic (exact) mass is 516 g/mol. The quantitative estimate of drug-likeness (QED) is 0.417. The van der Waals surface area contributed by atoms with E-state index in [9.17, 15) is 18.3 Å². The van der Waals surface area contributed by atoms with Gasteiger partial charge < -0.3 is 10.0 Å². The van der Waals surface area contributed by atoms with Gasteiger partial charge in [0, 0.05) is 48.0 Å². The standard InChI is InChI=1S/C25H24ClF3N6O/c1-14-5-7-19(15(2)31-14)25(36,21-13-30-33-34(21)3)16-6-8-20-17(11-16)22(26)18(12-24(27,28)29)23(32-20)35-9-4-10-35/h5-8,11,13,36H,4,9-10,12H2,1-3H3/t25-/m0/s1. The molecule has 0 radical (unpaired) electrons. The average molecular weight is 517 g/mol. The van der Waals surface area contributed by atoms with Crippen molar-refractivity contribution >= 4 is 28.3 Å². The maximum atomic E-state index is 13.5. The van der Waals surface area contributed by atoms with Gasteiger partial charge in [0.2, 0.25) is 0 Å². The minimum Gasteiger partial charge on any atom is -0.374 e. The van der Waals surface area contributed by atoms with Gasteiger partial charge in [-0.25, -0.2) is 9.67 Å². The molecule has 0 aliphatic carbocycles. The van der Waals surface area contributed by atoms with Crippen LogP contribution in [-0.2, 0) is 19.1 Å². The molecule has 7 nitrogen and oxygen atoms in total. The van der Waals surface area contributed by atoms with Crippen molar-refractivity contribution in [3.63, 3.8) is 0 Å². The van der Waals surface area contributed by atoms with Crippen molar-refractivity contribution in [1.29, 1.82) is 0 Å². The van der Waals surface area contributed by atoms with E-state index < -0.39 is 18.2 Å². The summed E-state index contributed by atoms with van der Waals surface area (Å²) in [6.07, 6.45) is -3.31.